The molecule has 3 aromatic rings. The third-order valence-electron chi connectivity index (χ3n) is 2.97. The number of hydrogen-bond donors (Lipinski definition) is 1. The highest BCUT2D eigenvalue weighted by Gasteiger charge is 2.07. The predicted molar refractivity (Wildman–Crippen MR) is 80.1 cm³/mol. The number of para-hydroxylation sites is 1. The summed E-state index contributed by atoms with van der Waals surface area (Å²) < 4.78 is 1.76. The number of nitrogens with zero attached hydrogens (tertiary/aromatic N) is 3. The van der Waals surface area contributed by atoms with Crippen molar-refractivity contribution in [3.63, 3.8) is 0 Å². The summed E-state index contributed by atoms with van der Waals surface area (Å²) in [6.45, 7) is 0. The van der Waals surface area contributed by atoms with Crippen molar-refractivity contribution in [3.8, 4) is 5.69 Å². The van der Waals surface area contributed by atoms with Crippen molar-refractivity contribution in [2.24, 2.45) is 0 Å². The Morgan fingerprint density at radius 2 is 1.95 bits per heavy atom. The summed E-state index contributed by atoms with van der Waals surface area (Å²) in [4.78, 5) is 15.9. The quantitative estimate of drug-likeness (QED) is 0.797. The molecule has 0 aliphatic heterocycles. The van der Waals surface area contributed by atoms with E-state index in [4.69, 9.17) is 0 Å². The Morgan fingerprint density at radius 1 is 1.10 bits per heavy atom. The lowest BCUT2D eigenvalue weighted by Crippen LogP contribution is -2.14. The minimum Gasteiger partial charge on any atom is -0.324 e. The van der Waals surface area contributed by atoms with Crippen LogP contribution in [0.2, 0.25) is 0 Å². The van der Waals surface area contributed by atoms with Crippen LogP contribution in [0.4, 0.5) is 5.69 Å². The summed E-state index contributed by atoms with van der Waals surface area (Å²) in [5.74, 6) is -0.0874. The van der Waals surface area contributed by atoms with Gasteiger partial charge in [0, 0.05) is 12.4 Å². The summed E-state index contributed by atoms with van der Waals surface area (Å²) in [6.07, 6.45) is 7.13. The molecule has 0 aliphatic rings. The van der Waals surface area contributed by atoms with Gasteiger partial charge in [-0.3, -0.25) is 9.78 Å². The molecule has 1 amide bonds. The fraction of sp³-hybridized carbons (Fsp3) is 0.0625. The van der Waals surface area contributed by atoms with Crippen LogP contribution in [0.5, 0.6) is 0 Å². The van der Waals surface area contributed by atoms with Crippen molar-refractivity contribution >= 4 is 11.6 Å². The summed E-state index contributed by atoms with van der Waals surface area (Å²) in [6, 6.07) is 13.4. The number of carbonyl (C=O) groups excluding carboxylic acids is 1. The Labute approximate surface area is 122 Å². The first-order valence-electron chi connectivity index (χ1n) is 6.60. The molecule has 0 fully saturated rings. The van der Waals surface area contributed by atoms with E-state index in [1.165, 1.54) is 0 Å². The van der Waals surface area contributed by atoms with E-state index in [-0.39, 0.29) is 12.3 Å². The van der Waals surface area contributed by atoms with Crippen LogP contribution in [-0.4, -0.2) is 20.7 Å². The summed E-state index contributed by atoms with van der Waals surface area (Å²) in [5, 5.41) is 7.07. The number of aromatic nitrogens is 3. The SMILES string of the molecule is O=C(Cc1cnn(-c2ccccc2)c1)Nc1cccnc1. The molecule has 21 heavy (non-hydrogen) atoms. The lowest BCUT2D eigenvalue weighted by atomic mass is 10.2. The van der Waals surface area contributed by atoms with Gasteiger partial charge in [0.25, 0.3) is 0 Å². The number of nitrogens with one attached hydrogen (secondary N) is 1. The second kappa shape index (κ2) is 6.00. The molecule has 0 radical (unpaired) electrons. The Kier molecular flexibility index (Phi) is 3.73. The number of carbonyl (C=O) groups is 1. The number of amides is 1. The van der Waals surface area contributed by atoms with Gasteiger partial charge in [0.2, 0.25) is 5.91 Å². The van der Waals surface area contributed by atoms with E-state index in [0.717, 1.165) is 11.3 Å². The normalized spacial score (nSPS) is 10.3. The lowest BCUT2D eigenvalue weighted by molar-refractivity contribution is -0.115. The topological polar surface area (TPSA) is 59.8 Å². The standard InChI is InChI=1S/C16H14N4O/c21-16(19-14-5-4-8-17-11-14)9-13-10-18-20(12-13)15-6-2-1-3-7-15/h1-8,10-12H,9H2,(H,19,21). The van der Waals surface area contributed by atoms with Gasteiger partial charge >= 0.3 is 0 Å². The predicted octanol–water partition coefficient (Wildman–Crippen LogP) is 2.45. The third kappa shape index (κ3) is 3.33. The molecule has 5 nitrogen and oxygen atoms in total. The molecule has 2 heterocycles. The highest BCUT2D eigenvalue weighted by molar-refractivity contribution is 5.91. The number of anilines is 1. The van der Waals surface area contributed by atoms with Crippen molar-refractivity contribution < 1.29 is 4.79 Å². The third-order valence-corrected chi connectivity index (χ3v) is 2.97. The number of rotatable bonds is 4. The molecule has 1 N–H and O–H groups in total. The van der Waals surface area contributed by atoms with Gasteiger partial charge in [0.05, 0.1) is 30.2 Å². The minimum atomic E-state index is -0.0874. The van der Waals surface area contributed by atoms with Crippen molar-refractivity contribution in [3.05, 3.63) is 72.8 Å². The van der Waals surface area contributed by atoms with Crippen molar-refractivity contribution in [2.75, 3.05) is 5.32 Å². The molecule has 0 atom stereocenters. The average molecular weight is 278 g/mol. The second-order valence-electron chi connectivity index (χ2n) is 4.60. The van der Waals surface area contributed by atoms with Crippen LogP contribution in [0.3, 0.4) is 0 Å². The van der Waals surface area contributed by atoms with Crippen LogP contribution in [-0.2, 0) is 11.2 Å². The molecule has 3 rings (SSSR count). The van der Waals surface area contributed by atoms with E-state index in [0.29, 0.717) is 5.69 Å². The van der Waals surface area contributed by atoms with Gasteiger partial charge in [-0.25, -0.2) is 4.68 Å². The molecule has 5 heteroatoms. The Morgan fingerprint density at radius 3 is 2.71 bits per heavy atom. The van der Waals surface area contributed by atoms with Crippen LogP contribution in [0.1, 0.15) is 5.56 Å². The molecule has 104 valence electrons. The molecule has 0 unspecified atom stereocenters. The largest absolute Gasteiger partial charge is 0.324 e. The molecular weight excluding hydrogens is 264 g/mol. The zero-order chi connectivity index (χ0) is 14.5. The second-order valence-corrected chi connectivity index (χ2v) is 4.60. The zero-order valence-corrected chi connectivity index (χ0v) is 11.3. The van der Waals surface area contributed by atoms with E-state index in [1.54, 1.807) is 35.4 Å². The van der Waals surface area contributed by atoms with E-state index in [9.17, 15) is 4.79 Å². The molecule has 0 saturated carbocycles. The molecule has 0 bridgehead atoms. The Hall–Kier alpha value is -2.95. The van der Waals surface area contributed by atoms with Crippen LogP contribution in [0.25, 0.3) is 5.69 Å². The lowest BCUT2D eigenvalue weighted by Gasteiger charge is -2.02. The van der Waals surface area contributed by atoms with Gasteiger partial charge in [-0.1, -0.05) is 18.2 Å². The van der Waals surface area contributed by atoms with Gasteiger partial charge in [-0.15, -0.1) is 0 Å². The van der Waals surface area contributed by atoms with Crippen molar-refractivity contribution in [1.82, 2.24) is 14.8 Å². The summed E-state index contributed by atoms with van der Waals surface area (Å²) in [7, 11) is 0. The molecular formula is C16H14N4O. The highest BCUT2D eigenvalue weighted by Crippen LogP contribution is 2.09. The van der Waals surface area contributed by atoms with Crippen LogP contribution >= 0.6 is 0 Å². The zero-order valence-electron chi connectivity index (χ0n) is 11.3. The minimum absolute atomic E-state index is 0.0874. The Bertz CT molecular complexity index is 722. The Balaban J connectivity index is 1.66. The number of hydrogen-bond acceptors (Lipinski definition) is 3. The van der Waals surface area contributed by atoms with Crippen LogP contribution in [0.15, 0.2) is 67.3 Å². The monoisotopic (exact) mass is 278 g/mol. The first kappa shape index (κ1) is 13.1. The number of benzene rings is 1. The molecule has 0 spiro atoms. The highest BCUT2D eigenvalue weighted by atomic mass is 16.1. The van der Waals surface area contributed by atoms with Gasteiger partial charge in [0.1, 0.15) is 0 Å². The van der Waals surface area contributed by atoms with Gasteiger partial charge in [-0.05, 0) is 29.8 Å². The van der Waals surface area contributed by atoms with Crippen molar-refractivity contribution in [1.29, 1.82) is 0 Å². The fourth-order valence-electron chi connectivity index (χ4n) is 2.00. The van der Waals surface area contributed by atoms with E-state index in [1.807, 2.05) is 36.5 Å². The van der Waals surface area contributed by atoms with Crippen LogP contribution in [0, 0.1) is 0 Å². The maximum atomic E-state index is 12.0. The average Bonchev–Trinajstić information content (AvgIpc) is 2.97. The smallest absolute Gasteiger partial charge is 0.228 e. The van der Waals surface area contributed by atoms with Gasteiger partial charge < -0.3 is 5.32 Å². The summed E-state index contributed by atoms with van der Waals surface area (Å²) >= 11 is 0. The van der Waals surface area contributed by atoms with Crippen molar-refractivity contribution in [2.45, 2.75) is 6.42 Å². The maximum absolute atomic E-state index is 12.0. The van der Waals surface area contributed by atoms with Gasteiger partial charge in [-0.2, -0.15) is 5.10 Å². The number of pyridine rings is 1. The first-order chi connectivity index (χ1) is 10.3. The van der Waals surface area contributed by atoms with Crippen LogP contribution < -0.4 is 5.32 Å². The molecule has 1 aromatic carbocycles. The molecule has 0 aliphatic carbocycles. The van der Waals surface area contributed by atoms with E-state index in [2.05, 4.69) is 15.4 Å². The van der Waals surface area contributed by atoms with Gasteiger partial charge in [0.15, 0.2) is 0 Å². The first-order valence-corrected chi connectivity index (χ1v) is 6.60. The molecule has 2 aromatic heterocycles. The fourth-order valence-corrected chi connectivity index (χ4v) is 2.00. The maximum Gasteiger partial charge on any atom is 0.228 e. The van der Waals surface area contributed by atoms with E-state index >= 15 is 0 Å². The molecule has 0 saturated heterocycles. The van der Waals surface area contributed by atoms with E-state index < -0.39 is 0 Å². The summed E-state index contributed by atoms with van der Waals surface area (Å²) in [5.41, 5.74) is 2.52.